The van der Waals surface area contributed by atoms with E-state index in [1.807, 2.05) is 17.7 Å². The standard InChI is InChI=1S/C13H18N2O3S/c1-2-6-15-7-3-4-10(15)11(16)14-13(12(17)18)5-8-19-9-13/h3-4,7H,2,5-6,8-9H2,1H3,(H,14,16)(H,17,18). The Labute approximate surface area is 116 Å². The maximum Gasteiger partial charge on any atom is 0.330 e. The number of rotatable bonds is 5. The molecule has 1 aromatic heterocycles. The van der Waals surface area contributed by atoms with Crippen LogP contribution < -0.4 is 5.32 Å². The molecule has 1 unspecified atom stereocenters. The van der Waals surface area contributed by atoms with E-state index >= 15 is 0 Å². The maximum atomic E-state index is 12.3. The predicted octanol–water partition coefficient (Wildman–Crippen LogP) is 1.59. The zero-order chi connectivity index (χ0) is 13.9. The average molecular weight is 282 g/mol. The topological polar surface area (TPSA) is 71.3 Å². The van der Waals surface area contributed by atoms with Crippen molar-refractivity contribution in [1.82, 2.24) is 9.88 Å². The number of carbonyl (C=O) groups excluding carboxylic acids is 1. The van der Waals surface area contributed by atoms with Gasteiger partial charge in [-0.25, -0.2) is 4.79 Å². The van der Waals surface area contributed by atoms with Gasteiger partial charge in [-0.1, -0.05) is 6.92 Å². The summed E-state index contributed by atoms with van der Waals surface area (Å²) in [6.45, 7) is 2.79. The molecule has 0 aromatic carbocycles. The molecule has 0 spiro atoms. The van der Waals surface area contributed by atoms with Crippen LogP contribution in [0.25, 0.3) is 0 Å². The predicted molar refractivity (Wildman–Crippen MR) is 74.5 cm³/mol. The number of hydrogen-bond acceptors (Lipinski definition) is 3. The van der Waals surface area contributed by atoms with Gasteiger partial charge in [0.05, 0.1) is 0 Å². The van der Waals surface area contributed by atoms with Crippen LogP contribution in [0.2, 0.25) is 0 Å². The van der Waals surface area contributed by atoms with Gasteiger partial charge in [0.2, 0.25) is 0 Å². The van der Waals surface area contributed by atoms with Crippen LogP contribution in [0.5, 0.6) is 0 Å². The third kappa shape index (κ3) is 2.78. The molecule has 1 atom stereocenters. The zero-order valence-corrected chi connectivity index (χ0v) is 11.7. The first-order chi connectivity index (χ1) is 9.09. The van der Waals surface area contributed by atoms with E-state index in [-0.39, 0.29) is 5.91 Å². The highest BCUT2D eigenvalue weighted by molar-refractivity contribution is 7.99. The second-order valence-corrected chi connectivity index (χ2v) is 5.84. The van der Waals surface area contributed by atoms with Gasteiger partial charge in [0.1, 0.15) is 11.2 Å². The normalized spacial score (nSPS) is 22.4. The summed E-state index contributed by atoms with van der Waals surface area (Å²) in [6, 6.07) is 3.53. The lowest BCUT2D eigenvalue weighted by molar-refractivity contribution is -0.143. The van der Waals surface area contributed by atoms with Crippen molar-refractivity contribution in [2.75, 3.05) is 11.5 Å². The summed E-state index contributed by atoms with van der Waals surface area (Å²) in [5.41, 5.74) is -0.581. The van der Waals surface area contributed by atoms with Crippen molar-refractivity contribution in [3.63, 3.8) is 0 Å². The van der Waals surface area contributed by atoms with Crippen LogP contribution in [-0.2, 0) is 11.3 Å². The quantitative estimate of drug-likeness (QED) is 0.860. The molecule has 0 radical (unpaired) electrons. The zero-order valence-electron chi connectivity index (χ0n) is 10.9. The summed E-state index contributed by atoms with van der Waals surface area (Å²) < 4.78 is 1.85. The lowest BCUT2D eigenvalue weighted by Crippen LogP contribution is -2.55. The number of thioether (sulfide) groups is 1. The third-order valence-corrected chi connectivity index (χ3v) is 4.50. The molecule has 2 rings (SSSR count). The molecule has 1 fully saturated rings. The van der Waals surface area contributed by atoms with Gasteiger partial charge in [0.25, 0.3) is 5.91 Å². The Bertz CT molecular complexity index is 478. The Balaban J connectivity index is 2.15. The third-order valence-electron chi connectivity index (χ3n) is 3.31. The molecule has 104 valence electrons. The number of nitrogens with zero attached hydrogens (tertiary/aromatic N) is 1. The maximum absolute atomic E-state index is 12.3. The van der Waals surface area contributed by atoms with E-state index in [2.05, 4.69) is 5.32 Å². The number of nitrogens with one attached hydrogen (secondary N) is 1. The smallest absolute Gasteiger partial charge is 0.330 e. The van der Waals surface area contributed by atoms with Crippen LogP contribution in [0.15, 0.2) is 18.3 Å². The van der Waals surface area contributed by atoms with Gasteiger partial charge in [-0.15, -0.1) is 0 Å². The highest BCUT2D eigenvalue weighted by atomic mass is 32.2. The molecule has 1 aliphatic rings. The van der Waals surface area contributed by atoms with Crippen molar-refractivity contribution in [2.45, 2.75) is 31.8 Å². The van der Waals surface area contributed by atoms with Crippen molar-refractivity contribution >= 4 is 23.6 Å². The van der Waals surface area contributed by atoms with Crippen LogP contribution in [0.4, 0.5) is 0 Å². The number of carboxylic acids is 1. The van der Waals surface area contributed by atoms with Crippen LogP contribution in [0.3, 0.4) is 0 Å². The highest BCUT2D eigenvalue weighted by Crippen LogP contribution is 2.28. The van der Waals surface area contributed by atoms with E-state index in [0.29, 0.717) is 17.9 Å². The van der Waals surface area contributed by atoms with E-state index in [0.717, 1.165) is 18.7 Å². The van der Waals surface area contributed by atoms with Crippen LogP contribution >= 0.6 is 11.8 Å². The first-order valence-electron chi connectivity index (χ1n) is 6.38. The van der Waals surface area contributed by atoms with Gasteiger partial charge in [0, 0.05) is 18.5 Å². The minimum Gasteiger partial charge on any atom is -0.479 e. The van der Waals surface area contributed by atoms with Crippen LogP contribution in [0, 0.1) is 0 Å². The molecule has 19 heavy (non-hydrogen) atoms. The molecule has 6 heteroatoms. The van der Waals surface area contributed by atoms with Gasteiger partial charge < -0.3 is 15.0 Å². The second-order valence-electron chi connectivity index (χ2n) is 4.73. The molecule has 0 saturated carbocycles. The number of carboxylic acid groups (broad SMARTS) is 1. The van der Waals surface area contributed by atoms with E-state index in [1.165, 1.54) is 0 Å². The summed E-state index contributed by atoms with van der Waals surface area (Å²) in [5, 5.41) is 12.1. The van der Waals surface area contributed by atoms with Crippen molar-refractivity contribution in [3.05, 3.63) is 24.0 Å². The highest BCUT2D eigenvalue weighted by Gasteiger charge is 2.43. The van der Waals surface area contributed by atoms with Gasteiger partial charge in [0.15, 0.2) is 0 Å². The molecular weight excluding hydrogens is 264 g/mol. The van der Waals surface area contributed by atoms with Crippen molar-refractivity contribution in [1.29, 1.82) is 0 Å². The lowest BCUT2D eigenvalue weighted by atomic mass is 9.99. The Morgan fingerprint density at radius 3 is 2.95 bits per heavy atom. The van der Waals surface area contributed by atoms with Gasteiger partial charge >= 0.3 is 5.97 Å². The first-order valence-corrected chi connectivity index (χ1v) is 7.53. The summed E-state index contributed by atoms with van der Waals surface area (Å²) in [7, 11) is 0. The number of aliphatic carboxylic acids is 1. The average Bonchev–Trinajstić information content (AvgIpc) is 2.99. The molecule has 5 nitrogen and oxygen atoms in total. The summed E-state index contributed by atoms with van der Waals surface area (Å²) in [4.78, 5) is 23.7. The van der Waals surface area contributed by atoms with E-state index < -0.39 is 11.5 Å². The number of carbonyl (C=O) groups is 2. The Morgan fingerprint density at radius 1 is 1.58 bits per heavy atom. The van der Waals surface area contributed by atoms with Crippen LogP contribution in [-0.4, -0.2) is 38.6 Å². The Kier molecular flexibility index (Phi) is 4.19. The number of aryl methyl sites for hydroxylation is 1. The fourth-order valence-electron chi connectivity index (χ4n) is 2.22. The van der Waals surface area contributed by atoms with Crippen molar-refractivity contribution < 1.29 is 14.7 Å². The van der Waals surface area contributed by atoms with Gasteiger partial charge in [-0.05, 0) is 30.7 Å². The fraction of sp³-hybridized carbons (Fsp3) is 0.538. The first kappa shape index (κ1) is 14.0. The molecule has 2 N–H and O–H groups in total. The molecule has 1 amide bonds. The lowest BCUT2D eigenvalue weighted by Gasteiger charge is -2.24. The molecule has 0 aliphatic carbocycles. The van der Waals surface area contributed by atoms with Crippen LogP contribution in [0.1, 0.15) is 30.3 Å². The Morgan fingerprint density at radius 2 is 2.37 bits per heavy atom. The van der Waals surface area contributed by atoms with Gasteiger partial charge in [-0.2, -0.15) is 11.8 Å². The summed E-state index contributed by atoms with van der Waals surface area (Å²) in [5.74, 6) is -0.0479. The van der Waals surface area contributed by atoms with Crippen molar-refractivity contribution in [3.8, 4) is 0 Å². The number of amides is 1. The molecule has 1 aliphatic heterocycles. The monoisotopic (exact) mass is 282 g/mol. The molecule has 2 heterocycles. The fourth-order valence-corrected chi connectivity index (χ4v) is 3.55. The van der Waals surface area contributed by atoms with E-state index in [9.17, 15) is 14.7 Å². The minimum atomic E-state index is -1.11. The molecular formula is C13H18N2O3S. The summed E-state index contributed by atoms with van der Waals surface area (Å²) in [6.07, 6.45) is 3.25. The van der Waals surface area contributed by atoms with E-state index in [4.69, 9.17) is 0 Å². The number of aromatic nitrogens is 1. The SMILES string of the molecule is CCCn1cccc1C(=O)NC1(C(=O)O)CCSC1. The number of hydrogen-bond donors (Lipinski definition) is 2. The molecule has 1 aromatic rings. The molecule has 1 saturated heterocycles. The molecule has 0 bridgehead atoms. The van der Waals surface area contributed by atoms with Gasteiger partial charge in [-0.3, -0.25) is 4.79 Å². The minimum absolute atomic E-state index is 0.302. The summed E-state index contributed by atoms with van der Waals surface area (Å²) >= 11 is 1.56. The van der Waals surface area contributed by atoms with Crippen molar-refractivity contribution in [2.24, 2.45) is 0 Å². The van der Waals surface area contributed by atoms with E-state index in [1.54, 1.807) is 23.9 Å². The second kappa shape index (κ2) is 5.69. The largest absolute Gasteiger partial charge is 0.479 e. The Hall–Kier alpha value is -1.43.